The molecular weight excluding hydrogens is 232 g/mol. The standard InChI is InChI=1S/C13H16N2O3/c1-3-18-13(17)10(12(14)15-2)11(16)9-7-5-4-6-8-9/h4-8,16H,3H2,1-2H3,(H2,14,15)/b11-10+. The maximum atomic E-state index is 11.8. The van der Waals surface area contributed by atoms with Gasteiger partial charge in [0.2, 0.25) is 0 Å². The minimum Gasteiger partial charge on any atom is -0.506 e. The summed E-state index contributed by atoms with van der Waals surface area (Å²) >= 11 is 0. The fourth-order valence-corrected chi connectivity index (χ4v) is 1.38. The van der Waals surface area contributed by atoms with Crippen molar-refractivity contribution in [3.63, 3.8) is 0 Å². The Morgan fingerprint density at radius 2 is 2.00 bits per heavy atom. The quantitative estimate of drug-likeness (QED) is 0.278. The van der Waals surface area contributed by atoms with Crippen LogP contribution in [0.2, 0.25) is 0 Å². The molecule has 0 heterocycles. The normalized spacial score (nSPS) is 12.9. The summed E-state index contributed by atoms with van der Waals surface area (Å²) in [6.07, 6.45) is 0. The average Bonchev–Trinajstić information content (AvgIpc) is 2.40. The molecule has 3 N–H and O–H groups in total. The van der Waals surface area contributed by atoms with Crippen molar-refractivity contribution in [2.75, 3.05) is 13.7 Å². The molecule has 1 aromatic rings. The van der Waals surface area contributed by atoms with Crippen molar-refractivity contribution in [2.24, 2.45) is 10.7 Å². The Labute approximate surface area is 106 Å². The first-order chi connectivity index (χ1) is 8.61. The molecule has 1 aromatic carbocycles. The third kappa shape index (κ3) is 3.10. The molecule has 0 aliphatic rings. The second-order valence-electron chi connectivity index (χ2n) is 3.42. The van der Waals surface area contributed by atoms with Crippen molar-refractivity contribution in [2.45, 2.75) is 6.92 Å². The molecule has 0 aliphatic heterocycles. The lowest BCUT2D eigenvalue weighted by atomic mass is 10.1. The van der Waals surface area contributed by atoms with Crippen LogP contribution in [-0.4, -0.2) is 30.6 Å². The van der Waals surface area contributed by atoms with Crippen LogP contribution in [0.5, 0.6) is 0 Å². The van der Waals surface area contributed by atoms with Crippen molar-refractivity contribution in [3.8, 4) is 0 Å². The highest BCUT2D eigenvalue weighted by atomic mass is 16.5. The van der Waals surface area contributed by atoms with E-state index in [0.29, 0.717) is 5.56 Å². The van der Waals surface area contributed by atoms with Crippen LogP contribution in [0.25, 0.3) is 5.76 Å². The lowest BCUT2D eigenvalue weighted by Gasteiger charge is -2.09. The van der Waals surface area contributed by atoms with Crippen LogP contribution in [0, 0.1) is 0 Å². The third-order valence-electron chi connectivity index (χ3n) is 2.26. The number of ether oxygens (including phenoxy) is 1. The molecular formula is C13H16N2O3. The van der Waals surface area contributed by atoms with E-state index >= 15 is 0 Å². The van der Waals surface area contributed by atoms with Crippen LogP contribution in [-0.2, 0) is 9.53 Å². The van der Waals surface area contributed by atoms with Gasteiger partial charge < -0.3 is 15.6 Å². The molecule has 0 saturated heterocycles. The first-order valence-corrected chi connectivity index (χ1v) is 5.50. The monoisotopic (exact) mass is 248 g/mol. The van der Waals surface area contributed by atoms with Gasteiger partial charge in [-0.15, -0.1) is 0 Å². The van der Waals surface area contributed by atoms with E-state index in [1.165, 1.54) is 7.05 Å². The number of nitrogens with zero attached hydrogens (tertiary/aromatic N) is 1. The van der Waals surface area contributed by atoms with Crippen LogP contribution >= 0.6 is 0 Å². The molecule has 5 nitrogen and oxygen atoms in total. The fraction of sp³-hybridized carbons (Fsp3) is 0.231. The van der Waals surface area contributed by atoms with Gasteiger partial charge in [-0.1, -0.05) is 30.3 Å². The minimum absolute atomic E-state index is 0.0604. The number of carbonyl (C=O) groups is 1. The predicted octanol–water partition coefficient (Wildman–Crippen LogP) is 1.51. The van der Waals surface area contributed by atoms with Gasteiger partial charge in [-0.25, -0.2) is 4.79 Å². The van der Waals surface area contributed by atoms with Gasteiger partial charge in [-0.05, 0) is 6.92 Å². The van der Waals surface area contributed by atoms with Crippen molar-refractivity contribution in [1.82, 2.24) is 0 Å². The fourth-order valence-electron chi connectivity index (χ4n) is 1.38. The van der Waals surface area contributed by atoms with Crippen molar-refractivity contribution in [1.29, 1.82) is 0 Å². The Hall–Kier alpha value is -2.30. The largest absolute Gasteiger partial charge is 0.506 e. The topological polar surface area (TPSA) is 84.9 Å². The van der Waals surface area contributed by atoms with E-state index in [-0.39, 0.29) is 23.8 Å². The number of amidine groups is 1. The van der Waals surface area contributed by atoms with Crippen LogP contribution in [0.4, 0.5) is 0 Å². The first-order valence-electron chi connectivity index (χ1n) is 5.50. The van der Waals surface area contributed by atoms with Gasteiger partial charge in [0.15, 0.2) is 0 Å². The maximum Gasteiger partial charge on any atom is 0.345 e. The predicted molar refractivity (Wildman–Crippen MR) is 70.2 cm³/mol. The maximum absolute atomic E-state index is 11.8. The molecule has 0 fully saturated rings. The van der Waals surface area contributed by atoms with E-state index in [9.17, 15) is 9.90 Å². The first kappa shape index (κ1) is 13.8. The van der Waals surface area contributed by atoms with Gasteiger partial charge in [0.1, 0.15) is 17.2 Å². The molecule has 18 heavy (non-hydrogen) atoms. The summed E-state index contributed by atoms with van der Waals surface area (Å²) in [5.74, 6) is -0.992. The van der Waals surface area contributed by atoms with E-state index in [2.05, 4.69) is 4.99 Å². The summed E-state index contributed by atoms with van der Waals surface area (Å²) < 4.78 is 4.85. The van der Waals surface area contributed by atoms with E-state index in [1.54, 1.807) is 37.3 Å². The molecule has 0 spiro atoms. The molecule has 0 bridgehead atoms. The zero-order chi connectivity index (χ0) is 13.5. The molecule has 0 aromatic heterocycles. The zero-order valence-electron chi connectivity index (χ0n) is 10.4. The summed E-state index contributed by atoms with van der Waals surface area (Å²) in [6.45, 7) is 1.87. The van der Waals surface area contributed by atoms with E-state index < -0.39 is 5.97 Å². The molecule has 0 saturated carbocycles. The Morgan fingerprint density at radius 1 is 1.39 bits per heavy atom. The second kappa shape index (κ2) is 6.44. The smallest absolute Gasteiger partial charge is 0.345 e. The molecule has 0 atom stereocenters. The van der Waals surface area contributed by atoms with Gasteiger partial charge >= 0.3 is 5.97 Å². The zero-order valence-corrected chi connectivity index (χ0v) is 10.4. The minimum atomic E-state index is -0.693. The van der Waals surface area contributed by atoms with Gasteiger partial charge in [0.25, 0.3) is 0 Å². The average molecular weight is 248 g/mol. The van der Waals surface area contributed by atoms with Crippen LogP contribution in [0.3, 0.4) is 0 Å². The Morgan fingerprint density at radius 3 is 2.50 bits per heavy atom. The Balaban J connectivity index is 3.28. The lowest BCUT2D eigenvalue weighted by Crippen LogP contribution is -2.24. The lowest BCUT2D eigenvalue weighted by molar-refractivity contribution is -0.137. The van der Waals surface area contributed by atoms with Gasteiger partial charge in [-0.3, -0.25) is 4.99 Å². The van der Waals surface area contributed by atoms with Gasteiger partial charge in [0, 0.05) is 12.6 Å². The van der Waals surface area contributed by atoms with Crippen molar-refractivity contribution < 1.29 is 14.6 Å². The number of rotatable bonds is 4. The van der Waals surface area contributed by atoms with Crippen molar-refractivity contribution in [3.05, 3.63) is 41.5 Å². The van der Waals surface area contributed by atoms with E-state index in [4.69, 9.17) is 10.5 Å². The molecule has 96 valence electrons. The Kier molecular flexibility index (Phi) is 4.92. The van der Waals surface area contributed by atoms with Crippen molar-refractivity contribution >= 4 is 17.6 Å². The number of benzene rings is 1. The molecule has 0 aliphatic carbocycles. The summed E-state index contributed by atoms with van der Waals surface area (Å²) in [5.41, 5.74) is 5.98. The summed E-state index contributed by atoms with van der Waals surface area (Å²) in [7, 11) is 1.44. The molecule has 1 rings (SSSR count). The molecule has 5 heteroatoms. The number of hydrogen-bond donors (Lipinski definition) is 2. The van der Waals surface area contributed by atoms with Gasteiger partial charge in [-0.2, -0.15) is 0 Å². The second-order valence-corrected chi connectivity index (χ2v) is 3.42. The number of esters is 1. The van der Waals surface area contributed by atoms with Crippen LogP contribution in [0.1, 0.15) is 12.5 Å². The molecule has 0 radical (unpaired) electrons. The number of carbonyl (C=O) groups excluding carboxylic acids is 1. The summed E-state index contributed by atoms with van der Waals surface area (Å²) in [5, 5.41) is 10.1. The number of hydrogen-bond acceptors (Lipinski definition) is 4. The highest BCUT2D eigenvalue weighted by molar-refractivity contribution is 6.22. The SMILES string of the molecule is CCOC(=O)/C(C(N)=NC)=C(/O)c1ccccc1. The highest BCUT2D eigenvalue weighted by Crippen LogP contribution is 2.17. The number of aliphatic imine (C=N–C) groups is 1. The van der Waals surface area contributed by atoms with Crippen LogP contribution in [0.15, 0.2) is 40.9 Å². The molecule has 0 unspecified atom stereocenters. The molecule has 0 amide bonds. The third-order valence-corrected chi connectivity index (χ3v) is 2.26. The summed E-state index contributed by atoms with van der Waals surface area (Å²) in [6, 6.07) is 8.62. The highest BCUT2D eigenvalue weighted by Gasteiger charge is 2.21. The van der Waals surface area contributed by atoms with E-state index in [0.717, 1.165) is 0 Å². The van der Waals surface area contributed by atoms with Gasteiger partial charge in [0.05, 0.1) is 6.61 Å². The number of nitrogens with two attached hydrogens (primary N) is 1. The number of aliphatic hydroxyl groups is 1. The van der Waals surface area contributed by atoms with Crippen LogP contribution < -0.4 is 5.73 Å². The number of aliphatic hydroxyl groups excluding tert-OH is 1. The Bertz CT molecular complexity index is 478. The van der Waals surface area contributed by atoms with E-state index in [1.807, 2.05) is 0 Å². The summed E-state index contributed by atoms with van der Waals surface area (Å²) in [4.78, 5) is 15.5.